The van der Waals surface area contributed by atoms with Crippen molar-refractivity contribution in [2.24, 2.45) is 11.3 Å². The van der Waals surface area contributed by atoms with E-state index in [1.807, 2.05) is 0 Å². The van der Waals surface area contributed by atoms with Crippen molar-refractivity contribution in [1.82, 2.24) is 0 Å². The van der Waals surface area contributed by atoms with Crippen molar-refractivity contribution >= 4 is 23.0 Å². The first-order valence-corrected chi connectivity index (χ1v) is 8.57. The number of unbranched alkanes of at least 4 members (excludes halogenated alkanes) is 1. The Morgan fingerprint density at radius 1 is 1.15 bits per heavy atom. The van der Waals surface area contributed by atoms with Gasteiger partial charge in [-0.25, -0.2) is 0 Å². The monoisotopic (exact) mass is 350 g/mol. The molecule has 0 aromatic carbocycles. The third-order valence-electron chi connectivity index (χ3n) is 5.34. The summed E-state index contributed by atoms with van der Waals surface area (Å²) in [4.78, 5) is 0. The van der Waals surface area contributed by atoms with Gasteiger partial charge in [0.1, 0.15) is 0 Å². The van der Waals surface area contributed by atoms with E-state index in [-0.39, 0.29) is 5.41 Å². The van der Waals surface area contributed by atoms with E-state index in [2.05, 4.69) is 29.8 Å². The molecule has 3 unspecified atom stereocenters. The highest BCUT2D eigenvalue weighted by atomic mass is 79.9. The fraction of sp³-hybridized carbons (Fsp3) is 1.00. The van der Waals surface area contributed by atoms with E-state index in [0.717, 1.165) is 37.4 Å². The fourth-order valence-electron chi connectivity index (χ4n) is 3.54. The minimum Gasteiger partial charge on any atom is -0.427 e. The van der Waals surface area contributed by atoms with Gasteiger partial charge in [0.05, 0.1) is 11.2 Å². The van der Waals surface area contributed by atoms with Crippen LogP contribution in [0, 0.1) is 11.3 Å². The molecule has 3 aliphatic carbocycles. The molecule has 118 valence electrons. The summed E-state index contributed by atoms with van der Waals surface area (Å²) >= 11 is 3.24. The molecular weight excluding hydrogens is 323 g/mol. The molecule has 3 saturated carbocycles. The molecule has 0 amide bonds. The average molecular weight is 351 g/mol. The Bertz CT molecular complexity index is 312. The van der Waals surface area contributed by atoms with Gasteiger partial charge in [0.2, 0.25) is 0 Å². The molecule has 3 fully saturated rings. The fourth-order valence-corrected chi connectivity index (χ4v) is 3.94. The molecule has 0 heterocycles. The highest BCUT2D eigenvalue weighted by molar-refractivity contribution is 9.09. The van der Waals surface area contributed by atoms with Gasteiger partial charge in [0.25, 0.3) is 0 Å². The molecular formula is C14H28BBrO4. The van der Waals surface area contributed by atoms with Crippen LogP contribution in [-0.4, -0.2) is 43.9 Å². The average Bonchev–Trinajstić information content (AvgIpc) is 2.33. The Kier molecular flexibility index (Phi) is 6.13. The lowest BCUT2D eigenvalue weighted by Crippen LogP contribution is -2.74. The van der Waals surface area contributed by atoms with Crippen molar-refractivity contribution in [2.75, 3.05) is 5.33 Å². The minimum absolute atomic E-state index is 0.0885. The van der Waals surface area contributed by atoms with Gasteiger partial charge in [-0.2, -0.15) is 0 Å². The predicted molar refractivity (Wildman–Crippen MR) is 84.7 cm³/mol. The number of alkyl halides is 1. The number of rotatable bonds is 4. The number of fused-ring (bicyclic) bond motifs is 2. The summed E-state index contributed by atoms with van der Waals surface area (Å²) in [6.45, 7) is 5.90. The molecule has 4 N–H and O–H groups in total. The van der Waals surface area contributed by atoms with Gasteiger partial charge in [0.15, 0.2) is 0 Å². The molecule has 0 spiro atoms. The SMILES string of the molecule is CC1(O)CCC2CC1(O)C2(C)C.OB(O)CCCCBr. The second-order valence-corrected chi connectivity index (χ2v) is 7.75. The Labute approximate surface area is 130 Å². The first kappa shape index (κ1) is 18.4. The number of halogens is 1. The predicted octanol–water partition coefficient (Wildman–Crippen LogP) is 1.94. The van der Waals surface area contributed by atoms with Gasteiger partial charge in [-0.15, -0.1) is 0 Å². The largest absolute Gasteiger partial charge is 0.451 e. The topological polar surface area (TPSA) is 80.9 Å². The Morgan fingerprint density at radius 3 is 2.10 bits per heavy atom. The summed E-state index contributed by atoms with van der Waals surface area (Å²) in [5.74, 6) is 0.614. The normalized spacial score (nSPS) is 37.5. The molecule has 0 aromatic heterocycles. The summed E-state index contributed by atoms with van der Waals surface area (Å²) in [7, 11) is -1.12. The zero-order valence-corrected chi connectivity index (χ0v) is 14.4. The highest BCUT2D eigenvalue weighted by Gasteiger charge is 2.69. The Hall–Kier alpha value is 0.385. The molecule has 3 rings (SSSR count). The van der Waals surface area contributed by atoms with E-state index in [1.54, 1.807) is 6.92 Å². The van der Waals surface area contributed by atoms with Crippen molar-refractivity contribution in [2.45, 2.75) is 70.4 Å². The lowest BCUT2D eigenvalue weighted by Gasteiger charge is -2.68. The molecule has 0 saturated heterocycles. The lowest BCUT2D eigenvalue weighted by atomic mass is 9.41. The second kappa shape index (κ2) is 6.65. The molecule has 0 radical (unpaired) electrons. The maximum Gasteiger partial charge on any atom is 0.451 e. The highest BCUT2D eigenvalue weighted by Crippen LogP contribution is 2.65. The zero-order chi connectivity index (χ0) is 15.6. The number of hydrogen-bond donors (Lipinski definition) is 4. The maximum atomic E-state index is 10.2. The van der Waals surface area contributed by atoms with Crippen LogP contribution in [0.4, 0.5) is 0 Å². The molecule has 3 atom stereocenters. The van der Waals surface area contributed by atoms with Crippen molar-refractivity contribution in [3.8, 4) is 0 Å². The molecule has 4 nitrogen and oxygen atoms in total. The van der Waals surface area contributed by atoms with Crippen LogP contribution < -0.4 is 0 Å². The third-order valence-corrected chi connectivity index (χ3v) is 5.91. The summed E-state index contributed by atoms with van der Waals surface area (Å²) in [5.41, 5.74) is -1.79. The summed E-state index contributed by atoms with van der Waals surface area (Å²) in [6.07, 6.45) is 4.97. The maximum absolute atomic E-state index is 10.2. The van der Waals surface area contributed by atoms with Gasteiger partial charge in [-0.1, -0.05) is 36.2 Å². The molecule has 20 heavy (non-hydrogen) atoms. The van der Waals surface area contributed by atoms with Gasteiger partial charge < -0.3 is 20.3 Å². The van der Waals surface area contributed by atoms with E-state index in [1.165, 1.54) is 0 Å². The first-order valence-electron chi connectivity index (χ1n) is 7.45. The Morgan fingerprint density at radius 2 is 1.75 bits per heavy atom. The van der Waals surface area contributed by atoms with Crippen LogP contribution in [0.5, 0.6) is 0 Å². The lowest BCUT2D eigenvalue weighted by molar-refractivity contribution is -0.312. The van der Waals surface area contributed by atoms with Gasteiger partial charge in [-0.3, -0.25) is 0 Å². The molecule has 0 aromatic rings. The van der Waals surface area contributed by atoms with Crippen LogP contribution in [-0.2, 0) is 0 Å². The third kappa shape index (κ3) is 3.41. The molecule has 0 aliphatic heterocycles. The smallest absolute Gasteiger partial charge is 0.427 e. The van der Waals surface area contributed by atoms with Gasteiger partial charge in [-0.05, 0) is 50.3 Å². The van der Waals surface area contributed by atoms with Crippen molar-refractivity contribution in [1.29, 1.82) is 0 Å². The van der Waals surface area contributed by atoms with Crippen molar-refractivity contribution < 1.29 is 20.3 Å². The van der Waals surface area contributed by atoms with Gasteiger partial charge >= 0.3 is 7.12 Å². The van der Waals surface area contributed by atoms with Crippen molar-refractivity contribution in [3.63, 3.8) is 0 Å². The van der Waals surface area contributed by atoms with Crippen LogP contribution in [0.15, 0.2) is 0 Å². The van der Waals surface area contributed by atoms with E-state index < -0.39 is 18.3 Å². The van der Waals surface area contributed by atoms with Crippen LogP contribution in [0.1, 0.15) is 52.9 Å². The van der Waals surface area contributed by atoms with E-state index >= 15 is 0 Å². The summed E-state index contributed by atoms with van der Waals surface area (Å²) in [6, 6.07) is 0. The van der Waals surface area contributed by atoms with Crippen LogP contribution in [0.3, 0.4) is 0 Å². The zero-order valence-electron chi connectivity index (χ0n) is 12.8. The van der Waals surface area contributed by atoms with Crippen LogP contribution in [0.25, 0.3) is 0 Å². The quantitative estimate of drug-likeness (QED) is 0.355. The van der Waals surface area contributed by atoms with E-state index in [0.29, 0.717) is 12.2 Å². The second-order valence-electron chi connectivity index (χ2n) is 6.96. The van der Waals surface area contributed by atoms with Crippen molar-refractivity contribution in [3.05, 3.63) is 0 Å². The standard InChI is InChI=1S/C10H18O2.C4H10BBrO2/c1-8(2)7-4-5-9(3,11)10(8,12)6-7;6-4-2-1-3-5(7)8/h7,11-12H,4-6H2,1-3H3;7-8H,1-4H2. The van der Waals surface area contributed by atoms with E-state index in [4.69, 9.17) is 10.0 Å². The van der Waals surface area contributed by atoms with Gasteiger partial charge in [0, 0.05) is 5.33 Å². The minimum atomic E-state index is -1.12. The summed E-state index contributed by atoms with van der Waals surface area (Å²) < 4.78 is 0. The Balaban J connectivity index is 0.000000221. The molecule has 3 aliphatic rings. The number of aliphatic hydroxyl groups is 2. The first-order chi connectivity index (χ1) is 9.08. The molecule has 2 bridgehead atoms. The molecule has 6 heteroatoms. The van der Waals surface area contributed by atoms with Crippen LogP contribution >= 0.6 is 15.9 Å². The number of hydrogen-bond acceptors (Lipinski definition) is 4. The van der Waals surface area contributed by atoms with Crippen LogP contribution in [0.2, 0.25) is 6.32 Å². The summed E-state index contributed by atoms with van der Waals surface area (Å²) in [5, 5.41) is 37.9. The van der Waals surface area contributed by atoms with E-state index in [9.17, 15) is 10.2 Å².